The van der Waals surface area contributed by atoms with Gasteiger partial charge >= 0.3 is 0 Å². The van der Waals surface area contributed by atoms with Crippen LogP contribution in [0.2, 0.25) is 0 Å². The lowest BCUT2D eigenvalue weighted by Crippen LogP contribution is -2.54. The van der Waals surface area contributed by atoms with Crippen LogP contribution in [0.5, 0.6) is 0 Å². The summed E-state index contributed by atoms with van der Waals surface area (Å²) in [7, 11) is 0. The summed E-state index contributed by atoms with van der Waals surface area (Å²) < 4.78 is 0. The predicted molar refractivity (Wildman–Crippen MR) is 78.8 cm³/mol. The Hall–Kier alpha value is -0.0800. The van der Waals surface area contributed by atoms with Crippen molar-refractivity contribution in [1.29, 1.82) is 0 Å². The average Bonchev–Trinajstić information content (AvgIpc) is 3.14. The molecule has 1 aliphatic heterocycles. The van der Waals surface area contributed by atoms with E-state index in [2.05, 4.69) is 37.9 Å². The SMILES string of the molecule is CCNC1CC(C(C)C)CN(C(CC)C2CC2)C1. The highest BCUT2D eigenvalue weighted by molar-refractivity contribution is 4.93. The molecular formula is C16H32N2. The third kappa shape index (κ3) is 3.48. The highest BCUT2D eigenvalue weighted by atomic mass is 15.2. The minimum atomic E-state index is 0.726. The number of hydrogen-bond acceptors (Lipinski definition) is 2. The molecule has 106 valence electrons. The molecule has 3 unspecified atom stereocenters. The number of hydrogen-bond donors (Lipinski definition) is 1. The number of piperidine rings is 1. The van der Waals surface area contributed by atoms with Gasteiger partial charge in [0.1, 0.15) is 0 Å². The van der Waals surface area contributed by atoms with E-state index in [9.17, 15) is 0 Å². The van der Waals surface area contributed by atoms with Crippen LogP contribution in [0.4, 0.5) is 0 Å². The second-order valence-electron chi connectivity index (χ2n) is 6.76. The van der Waals surface area contributed by atoms with Crippen LogP contribution in [0.1, 0.15) is 53.4 Å². The van der Waals surface area contributed by atoms with Crippen LogP contribution in [-0.2, 0) is 0 Å². The zero-order valence-corrected chi connectivity index (χ0v) is 12.8. The fourth-order valence-corrected chi connectivity index (χ4v) is 3.73. The summed E-state index contributed by atoms with van der Waals surface area (Å²) in [6.07, 6.45) is 5.68. The van der Waals surface area contributed by atoms with E-state index < -0.39 is 0 Å². The van der Waals surface area contributed by atoms with Gasteiger partial charge in [-0.05, 0) is 50.0 Å². The smallest absolute Gasteiger partial charge is 0.0198 e. The van der Waals surface area contributed by atoms with Gasteiger partial charge in [0.25, 0.3) is 0 Å². The van der Waals surface area contributed by atoms with Crippen LogP contribution >= 0.6 is 0 Å². The first-order valence-corrected chi connectivity index (χ1v) is 8.13. The van der Waals surface area contributed by atoms with E-state index in [4.69, 9.17) is 0 Å². The molecule has 0 aromatic carbocycles. The molecule has 0 bridgehead atoms. The summed E-state index contributed by atoms with van der Waals surface area (Å²) in [5.41, 5.74) is 0. The lowest BCUT2D eigenvalue weighted by atomic mass is 9.84. The Morgan fingerprint density at radius 2 is 1.83 bits per heavy atom. The molecule has 1 heterocycles. The van der Waals surface area contributed by atoms with Crippen molar-refractivity contribution in [3.05, 3.63) is 0 Å². The first-order chi connectivity index (χ1) is 8.65. The molecule has 0 radical (unpaired) electrons. The van der Waals surface area contributed by atoms with Crippen LogP contribution in [0.15, 0.2) is 0 Å². The molecule has 3 atom stereocenters. The maximum absolute atomic E-state index is 3.70. The molecule has 0 amide bonds. The third-order valence-corrected chi connectivity index (χ3v) is 5.00. The number of nitrogens with zero attached hydrogens (tertiary/aromatic N) is 1. The molecule has 2 nitrogen and oxygen atoms in total. The maximum Gasteiger partial charge on any atom is 0.0198 e. The van der Waals surface area contributed by atoms with E-state index >= 15 is 0 Å². The largest absolute Gasteiger partial charge is 0.313 e. The fraction of sp³-hybridized carbons (Fsp3) is 1.00. The second kappa shape index (κ2) is 6.38. The molecule has 1 saturated carbocycles. The van der Waals surface area contributed by atoms with Crippen molar-refractivity contribution >= 4 is 0 Å². The lowest BCUT2D eigenvalue weighted by molar-refractivity contribution is 0.0676. The van der Waals surface area contributed by atoms with Gasteiger partial charge in [-0.1, -0.05) is 27.7 Å². The highest BCUT2D eigenvalue weighted by Gasteiger charge is 2.38. The number of nitrogens with one attached hydrogen (secondary N) is 1. The fourth-order valence-electron chi connectivity index (χ4n) is 3.73. The minimum absolute atomic E-state index is 0.726. The molecule has 0 aromatic heterocycles. The van der Waals surface area contributed by atoms with Crippen LogP contribution in [0.25, 0.3) is 0 Å². The van der Waals surface area contributed by atoms with E-state index in [0.717, 1.165) is 36.4 Å². The first kappa shape index (κ1) is 14.3. The number of likely N-dealkylation sites (tertiary alicyclic amines) is 1. The van der Waals surface area contributed by atoms with Crippen molar-refractivity contribution in [2.45, 2.75) is 65.5 Å². The molecule has 2 heteroatoms. The van der Waals surface area contributed by atoms with Crippen molar-refractivity contribution in [3.63, 3.8) is 0 Å². The predicted octanol–water partition coefficient (Wildman–Crippen LogP) is 3.13. The summed E-state index contributed by atoms with van der Waals surface area (Å²) in [6.45, 7) is 13.2. The lowest BCUT2D eigenvalue weighted by Gasteiger charge is -2.43. The molecule has 2 aliphatic rings. The monoisotopic (exact) mass is 252 g/mol. The molecule has 18 heavy (non-hydrogen) atoms. The molecule has 1 aliphatic carbocycles. The normalized spacial score (nSPS) is 31.8. The minimum Gasteiger partial charge on any atom is -0.313 e. The van der Waals surface area contributed by atoms with Crippen LogP contribution in [0, 0.1) is 17.8 Å². The van der Waals surface area contributed by atoms with Gasteiger partial charge in [0.2, 0.25) is 0 Å². The third-order valence-electron chi connectivity index (χ3n) is 5.00. The van der Waals surface area contributed by atoms with E-state index in [1.54, 1.807) is 0 Å². The molecule has 2 rings (SSSR count). The van der Waals surface area contributed by atoms with E-state index in [0.29, 0.717) is 0 Å². The highest BCUT2D eigenvalue weighted by Crippen LogP contribution is 2.38. The van der Waals surface area contributed by atoms with Gasteiger partial charge in [-0.25, -0.2) is 0 Å². The van der Waals surface area contributed by atoms with E-state index in [1.165, 1.54) is 38.8 Å². The van der Waals surface area contributed by atoms with E-state index in [-0.39, 0.29) is 0 Å². The number of rotatable bonds is 6. The Morgan fingerprint density at radius 3 is 2.33 bits per heavy atom. The standard InChI is InChI=1S/C16H32N2/c1-5-16(13-7-8-13)18-10-14(12(3)4)9-15(11-18)17-6-2/h12-17H,5-11H2,1-4H3. The van der Waals surface area contributed by atoms with Gasteiger partial charge in [-0.2, -0.15) is 0 Å². The van der Waals surface area contributed by atoms with Crippen molar-refractivity contribution < 1.29 is 0 Å². The number of likely N-dealkylation sites (N-methyl/N-ethyl adjacent to an activating group) is 1. The van der Waals surface area contributed by atoms with Gasteiger partial charge in [0.05, 0.1) is 0 Å². The van der Waals surface area contributed by atoms with Crippen molar-refractivity contribution in [2.75, 3.05) is 19.6 Å². The Morgan fingerprint density at radius 1 is 1.11 bits per heavy atom. The Bertz CT molecular complexity index is 247. The van der Waals surface area contributed by atoms with Gasteiger partial charge in [0, 0.05) is 25.2 Å². The van der Waals surface area contributed by atoms with Crippen molar-refractivity contribution in [2.24, 2.45) is 17.8 Å². The summed E-state index contributed by atoms with van der Waals surface area (Å²) in [5, 5.41) is 3.70. The summed E-state index contributed by atoms with van der Waals surface area (Å²) >= 11 is 0. The summed E-state index contributed by atoms with van der Waals surface area (Å²) in [6, 6.07) is 1.59. The molecule has 2 fully saturated rings. The topological polar surface area (TPSA) is 15.3 Å². The Labute approximate surface area is 114 Å². The summed E-state index contributed by atoms with van der Waals surface area (Å²) in [4.78, 5) is 2.82. The molecule has 1 N–H and O–H groups in total. The van der Waals surface area contributed by atoms with Crippen molar-refractivity contribution in [1.82, 2.24) is 10.2 Å². The van der Waals surface area contributed by atoms with Crippen LogP contribution in [0.3, 0.4) is 0 Å². The maximum atomic E-state index is 3.70. The van der Waals surface area contributed by atoms with Crippen molar-refractivity contribution in [3.8, 4) is 0 Å². The van der Waals surface area contributed by atoms with Crippen LogP contribution in [-0.4, -0.2) is 36.6 Å². The summed E-state index contributed by atoms with van der Waals surface area (Å²) in [5.74, 6) is 2.73. The molecule has 1 saturated heterocycles. The zero-order chi connectivity index (χ0) is 13.1. The Balaban J connectivity index is 1.99. The molecular weight excluding hydrogens is 220 g/mol. The van der Waals surface area contributed by atoms with Gasteiger partial charge in [-0.15, -0.1) is 0 Å². The average molecular weight is 252 g/mol. The first-order valence-electron chi connectivity index (χ1n) is 8.13. The van der Waals surface area contributed by atoms with Crippen LogP contribution < -0.4 is 5.32 Å². The quantitative estimate of drug-likeness (QED) is 0.781. The second-order valence-corrected chi connectivity index (χ2v) is 6.76. The van der Waals surface area contributed by atoms with E-state index in [1.807, 2.05) is 0 Å². The molecule has 0 spiro atoms. The van der Waals surface area contributed by atoms with Gasteiger partial charge < -0.3 is 5.32 Å². The van der Waals surface area contributed by atoms with Gasteiger partial charge in [-0.3, -0.25) is 4.90 Å². The zero-order valence-electron chi connectivity index (χ0n) is 12.8. The Kier molecular flexibility index (Phi) is 5.08. The van der Waals surface area contributed by atoms with Gasteiger partial charge in [0.15, 0.2) is 0 Å². The molecule has 0 aromatic rings.